The van der Waals surface area contributed by atoms with Gasteiger partial charge in [0.15, 0.2) is 0 Å². The van der Waals surface area contributed by atoms with E-state index in [1.165, 1.54) is 40.7 Å². The number of para-hydroxylation sites is 1. The number of hydrogen-bond acceptors (Lipinski definition) is 6. The van der Waals surface area contributed by atoms with Crippen molar-refractivity contribution in [3.05, 3.63) is 59.8 Å². The van der Waals surface area contributed by atoms with Crippen LogP contribution in [0, 0.1) is 0 Å². The average molecular weight is 474 g/mol. The van der Waals surface area contributed by atoms with Crippen LogP contribution >= 0.6 is 11.8 Å². The van der Waals surface area contributed by atoms with E-state index in [9.17, 15) is 18.0 Å². The van der Waals surface area contributed by atoms with Gasteiger partial charge in [0.05, 0.1) is 11.4 Å². The van der Waals surface area contributed by atoms with Crippen LogP contribution in [-0.4, -0.2) is 54.7 Å². The number of alkyl halides is 3. The fourth-order valence-corrected chi connectivity index (χ4v) is 4.61. The average Bonchev–Trinajstić information content (AvgIpc) is 3.41. The van der Waals surface area contributed by atoms with E-state index in [0.29, 0.717) is 23.9 Å². The van der Waals surface area contributed by atoms with Gasteiger partial charge in [0.1, 0.15) is 5.75 Å². The molecule has 1 N–H and O–H groups in total. The van der Waals surface area contributed by atoms with Gasteiger partial charge in [0.2, 0.25) is 11.1 Å². The van der Waals surface area contributed by atoms with Gasteiger partial charge in [-0.2, -0.15) is 4.68 Å². The summed E-state index contributed by atoms with van der Waals surface area (Å²) in [6, 6.07) is 13.2. The third-order valence-corrected chi connectivity index (χ3v) is 6.22. The third kappa shape index (κ3) is 4.51. The van der Waals surface area contributed by atoms with Gasteiger partial charge in [-0.1, -0.05) is 30.0 Å². The molecule has 0 bridgehead atoms. The summed E-state index contributed by atoms with van der Waals surface area (Å²) in [7, 11) is 0. The Hall–Kier alpha value is -3.54. The molecular formula is C21H17F3N6O2S. The molecule has 5 rings (SSSR count). The number of thioether (sulfide) groups is 1. The van der Waals surface area contributed by atoms with Gasteiger partial charge in [-0.25, -0.2) is 0 Å². The summed E-state index contributed by atoms with van der Waals surface area (Å²) in [4.78, 5) is 18.1. The van der Waals surface area contributed by atoms with Gasteiger partial charge >= 0.3 is 6.36 Å². The number of hydrogen-bond donors (Lipinski definition) is 1. The largest absolute Gasteiger partial charge is 0.573 e. The molecule has 0 saturated carbocycles. The first-order valence-corrected chi connectivity index (χ1v) is 11.0. The molecule has 1 amide bonds. The molecular weight excluding hydrogens is 457 g/mol. The Morgan fingerprint density at radius 3 is 2.73 bits per heavy atom. The number of nitrogens with one attached hydrogen (secondary N) is 1. The fraction of sp³-hybridized carbons (Fsp3) is 0.238. The zero-order valence-corrected chi connectivity index (χ0v) is 17.9. The molecule has 1 aliphatic heterocycles. The number of tetrazole rings is 1. The fourth-order valence-electron chi connectivity index (χ4n) is 3.82. The zero-order valence-electron chi connectivity index (χ0n) is 17.0. The van der Waals surface area contributed by atoms with E-state index < -0.39 is 6.36 Å². The van der Waals surface area contributed by atoms with Crippen LogP contribution in [0.15, 0.2) is 53.7 Å². The van der Waals surface area contributed by atoms with Crippen LogP contribution in [0.1, 0.15) is 11.3 Å². The smallest absolute Gasteiger partial charge is 0.406 e. The first-order chi connectivity index (χ1) is 15.9. The van der Waals surface area contributed by atoms with E-state index in [0.717, 1.165) is 28.6 Å². The van der Waals surface area contributed by atoms with Gasteiger partial charge in [0, 0.05) is 41.7 Å². The van der Waals surface area contributed by atoms with E-state index >= 15 is 0 Å². The standard InChI is InChI=1S/C21H17F3N6O2S/c22-21(23,24)32-14-7-5-13(6-8-14)30-20(26-27-28-30)33-12-19(31)29-10-9-18-16(11-29)15-3-1-2-4-17(15)25-18/h1-8,25H,9-12H2. The van der Waals surface area contributed by atoms with Gasteiger partial charge < -0.3 is 14.6 Å². The van der Waals surface area contributed by atoms with Gasteiger partial charge in [-0.3, -0.25) is 4.79 Å². The van der Waals surface area contributed by atoms with E-state index in [4.69, 9.17) is 0 Å². The highest BCUT2D eigenvalue weighted by Gasteiger charge is 2.31. The molecule has 0 atom stereocenters. The SMILES string of the molecule is O=C(CSc1nnnn1-c1ccc(OC(F)(F)F)cc1)N1CCc2[nH]c3ccccc3c2C1. The van der Waals surface area contributed by atoms with Gasteiger partial charge in [-0.05, 0) is 40.8 Å². The summed E-state index contributed by atoms with van der Waals surface area (Å²) in [5.41, 5.74) is 3.82. The molecule has 0 radical (unpaired) electrons. The Morgan fingerprint density at radius 1 is 1.15 bits per heavy atom. The molecule has 1 aliphatic rings. The maximum atomic E-state index is 12.9. The minimum Gasteiger partial charge on any atom is -0.406 e. The predicted octanol–water partition coefficient (Wildman–Crippen LogP) is 3.72. The lowest BCUT2D eigenvalue weighted by atomic mass is 10.0. The van der Waals surface area contributed by atoms with Gasteiger partial charge in [0.25, 0.3) is 0 Å². The Morgan fingerprint density at radius 2 is 1.94 bits per heavy atom. The van der Waals surface area contributed by atoms with Crippen molar-refractivity contribution in [1.29, 1.82) is 0 Å². The Kier molecular flexibility index (Phi) is 5.44. The molecule has 170 valence electrons. The molecule has 2 aromatic carbocycles. The van der Waals surface area contributed by atoms with Crippen molar-refractivity contribution in [3.8, 4) is 11.4 Å². The molecule has 0 spiro atoms. The number of carbonyl (C=O) groups excluding carboxylic acids is 1. The van der Waals surface area contributed by atoms with Crippen molar-refractivity contribution < 1.29 is 22.7 Å². The maximum absolute atomic E-state index is 12.9. The lowest BCUT2D eigenvalue weighted by Gasteiger charge is -2.27. The first-order valence-electron chi connectivity index (χ1n) is 10.0. The lowest BCUT2D eigenvalue weighted by molar-refractivity contribution is -0.274. The highest BCUT2D eigenvalue weighted by Crippen LogP contribution is 2.29. The van der Waals surface area contributed by atoms with Crippen molar-refractivity contribution >= 4 is 28.6 Å². The Bertz CT molecular complexity index is 1300. The predicted molar refractivity (Wildman–Crippen MR) is 114 cm³/mol. The molecule has 3 heterocycles. The maximum Gasteiger partial charge on any atom is 0.573 e. The highest BCUT2D eigenvalue weighted by atomic mass is 32.2. The number of amides is 1. The van der Waals surface area contributed by atoms with Crippen molar-refractivity contribution in [2.24, 2.45) is 0 Å². The second kappa shape index (κ2) is 8.43. The van der Waals surface area contributed by atoms with E-state index in [-0.39, 0.29) is 17.4 Å². The molecule has 4 aromatic rings. The Balaban J connectivity index is 1.25. The molecule has 2 aromatic heterocycles. The van der Waals surface area contributed by atoms with Gasteiger partial charge in [-0.15, -0.1) is 18.3 Å². The Labute approximate surface area is 189 Å². The molecule has 0 unspecified atom stereocenters. The van der Waals surface area contributed by atoms with Crippen LogP contribution in [0.4, 0.5) is 13.2 Å². The molecule has 33 heavy (non-hydrogen) atoms. The minimum absolute atomic E-state index is 0.0422. The monoisotopic (exact) mass is 474 g/mol. The number of benzene rings is 2. The number of aromatic amines is 1. The highest BCUT2D eigenvalue weighted by molar-refractivity contribution is 7.99. The summed E-state index contributed by atoms with van der Waals surface area (Å²) in [6.45, 7) is 1.15. The summed E-state index contributed by atoms with van der Waals surface area (Å²) < 4.78 is 42.3. The van der Waals surface area contributed by atoms with Crippen LogP contribution in [0.3, 0.4) is 0 Å². The van der Waals surface area contributed by atoms with E-state index in [1.807, 2.05) is 29.2 Å². The summed E-state index contributed by atoms with van der Waals surface area (Å²) >= 11 is 1.17. The van der Waals surface area contributed by atoms with Crippen LogP contribution in [0.5, 0.6) is 5.75 Å². The quantitative estimate of drug-likeness (QED) is 0.444. The second-order valence-electron chi connectivity index (χ2n) is 7.40. The van der Waals surface area contributed by atoms with Crippen LogP contribution in [0.25, 0.3) is 16.6 Å². The van der Waals surface area contributed by atoms with Crippen molar-refractivity contribution in [2.45, 2.75) is 24.5 Å². The number of halogens is 3. The molecule has 12 heteroatoms. The molecule has 0 aliphatic carbocycles. The number of fused-ring (bicyclic) bond motifs is 3. The number of rotatable bonds is 5. The number of nitrogens with zero attached hydrogens (tertiary/aromatic N) is 5. The molecule has 0 saturated heterocycles. The second-order valence-corrected chi connectivity index (χ2v) is 8.34. The van der Waals surface area contributed by atoms with E-state index in [1.54, 1.807) is 0 Å². The van der Waals surface area contributed by atoms with Crippen LogP contribution in [-0.2, 0) is 17.8 Å². The zero-order chi connectivity index (χ0) is 23.0. The minimum atomic E-state index is -4.76. The number of H-pyrrole nitrogens is 1. The van der Waals surface area contributed by atoms with Crippen LogP contribution < -0.4 is 4.74 Å². The van der Waals surface area contributed by atoms with Crippen LogP contribution in [0.2, 0.25) is 0 Å². The topological polar surface area (TPSA) is 88.9 Å². The molecule has 0 fully saturated rings. The summed E-state index contributed by atoms with van der Waals surface area (Å²) in [5.74, 6) is -0.252. The number of aromatic nitrogens is 5. The van der Waals surface area contributed by atoms with Crippen molar-refractivity contribution in [1.82, 2.24) is 30.1 Å². The third-order valence-electron chi connectivity index (χ3n) is 5.32. The lowest BCUT2D eigenvalue weighted by Crippen LogP contribution is -2.36. The van der Waals surface area contributed by atoms with Crippen molar-refractivity contribution in [3.63, 3.8) is 0 Å². The summed E-state index contributed by atoms with van der Waals surface area (Å²) in [6.07, 6.45) is -4.01. The number of ether oxygens (including phenoxy) is 1. The van der Waals surface area contributed by atoms with Crippen molar-refractivity contribution in [2.75, 3.05) is 12.3 Å². The number of carbonyl (C=O) groups is 1. The first kappa shape index (κ1) is 21.3. The summed E-state index contributed by atoms with van der Waals surface area (Å²) in [5, 5.41) is 12.9. The molecule has 8 nitrogen and oxygen atoms in total. The van der Waals surface area contributed by atoms with E-state index in [2.05, 4.69) is 25.2 Å². The normalized spacial score (nSPS) is 13.8.